The first-order valence-corrected chi connectivity index (χ1v) is 9.51. The number of rotatable bonds is 7. The molecule has 2 heterocycles. The quantitative estimate of drug-likeness (QED) is 0.272. The van der Waals surface area contributed by atoms with Gasteiger partial charge in [-0.25, -0.2) is 0 Å². The molecule has 0 saturated carbocycles. The first kappa shape index (κ1) is 22.7. The molecule has 1 aromatic heterocycles. The van der Waals surface area contributed by atoms with Crippen LogP contribution in [-0.4, -0.2) is 50.8 Å². The highest BCUT2D eigenvalue weighted by atomic mass is 127. The van der Waals surface area contributed by atoms with Crippen LogP contribution in [0, 0.1) is 6.92 Å². The maximum Gasteiger partial charge on any atom is 0.193 e. The second-order valence-electron chi connectivity index (χ2n) is 6.62. The van der Waals surface area contributed by atoms with Crippen LogP contribution in [0.3, 0.4) is 0 Å². The highest BCUT2D eigenvalue weighted by molar-refractivity contribution is 14.0. The average molecular weight is 499 g/mol. The molecular weight excluding hydrogens is 469 g/mol. The van der Waals surface area contributed by atoms with Gasteiger partial charge >= 0.3 is 0 Å². The molecule has 7 heteroatoms. The lowest BCUT2D eigenvalue weighted by Gasteiger charge is -2.35. The largest absolute Gasteiger partial charge is 0.467 e. The van der Waals surface area contributed by atoms with Crippen LogP contribution < -0.4 is 5.32 Å². The fourth-order valence-corrected chi connectivity index (χ4v) is 3.25. The van der Waals surface area contributed by atoms with Gasteiger partial charge in [0.05, 0.1) is 19.4 Å². The number of guanidine groups is 1. The Balaban J connectivity index is 0.00000280. The molecule has 1 aliphatic heterocycles. The van der Waals surface area contributed by atoms with Gasteiger partial charge in [-0.15, -0.1) is 24.0 Å². The molecule has 0 amide bonds. The van der Waals surface area contributed by atoms with Crippen molar-refractivity contribution in [3.63, 3.8) is 0 Å². The Hall–Kier alpha value is -1.58. The summed E-state index contributed by atoms with van der Waals surface area (Å²) < 4.78 is 16.9. The number of aliphatic imine (C=N–C) groups is 1. The zero-order chi connectivity index (χ0) is 18.9. The van der Waals surface area contributed by atoms with Crippen molar-refractivity contribution in [2.45, 2.75) is 26.1 Å². The van der Waals surface area contributed by atoms with Crippen molar-refractivity contribution >= 4 is 29.9 Å². The first-order valence-electron chi connectivity index (χ1n) is 9.51. The number of furan rings is 1. The van der Waals surface area contributed by atoms with Gasteiger partial charge in [-0.05, 0) is 36.6 Å². The van der Waals surface area contributed by atoms with E-state index in [1.165, 1.54) is 11.1 Å². The Kier molecular flexibility index (Phi) is 9.80. The summed E-state index contributed by atoms with van der Waals surface area (Å²) in [5.74, 6) is 1.78. The summed E-state index contributed by atoms with van der Waals surface area (Å²) in [6.07, 6.45) is 2.65. The fourth-order valence-electron chi connectivity index (χ4n) is 3.25. The third kappa shape index (κ3) is 6.49. The molecule has 1 aromatic carbocycles. The van der Waals surface area contributed by atoms with E-state index in [0.29, 0.717) is 19.8 Å². The molecule has 1 unspecified atom stereocenters. The van der Waals surface area contributed by atoms with Gasteiger partial charge in [0.1, 0.15) is 18.5 Å². The maximum absolute atomic E-state index is 6.01. The lowest BCUT2D eigenvalue weighted by Crippen LogP contribution is -2.48. The van der Waals surface area contributed by atoms with Crippen LogP contribution in [0.4, 0.5) is 0 Å². The number of ether oxygens (including phenoxy) is 2. The van der Waals surface area contributed by atoms with Gasteiger partial charge in [-0.1, -0.05) is 24.3 Å². The van der Waals surface area contributed by atoms with Gasteiger partial charge < -0.3 is 24.1 Å². The average Bonchev–Trinajstić information content (AvgIpc) is 3.21. The minimum absolute atomic E-state index is 0. The van der Waals surface area contributed by atoms with Gasteiger partial charge in [-0.3, -0.25) is 4.99 Å². The summed E-state index contributed by atoms with van der Waals surface area (Å²) in [6, 6.07) is 12.2. The fraction of sp³-hybridized carbons (Fsp3) is 0.476. The highest BCUT2D eigenvalue weighted by Gasteiger charge is 2.24. The molecule has 0 aliphatic carbocycles. The molecule has 0 radical (unpaired) electrons. The van der Waals surface area contributed by atoms with Crippen LogP contribution in [0.15, 0.2) is 52.1 Å². The summed E-state index contributed by atoms with van der Waals surface area (Å²) in [5.41, 5.74) is 2.52. The lowest BCUT2D eigenvalue weighted by molar-refractivity contribution is -0.00835. The number of nitrogens with one attached hydrogen (secondary N) is 1. The smallest absolute Gasteiger partial charge is 0.193 e. The number of benzene rings is 1. The molecule has 28 heavy (non-hydrogen) atoms. The normalized spacial score (nSPS) is 17.3. The predicted molar refractivity (Wildman–Crippen MR) is 121 cm³/mol. The van der Waals surface area contributed by atoms with E-state index >= 15 is 0 Å². The van der Waals surface area contributed by atoms with E-state index in [2.05, 4.69) is 46.4 Å². The molecule has 0 bridgehead atoms. The first-order chi connectivity index (χ1) is 13.3. The monoisotopic (exact) mass is 499 g/mol. The minimum atomic E-state index is 0. The second kappa shape index (κ2) is 12.1. The van der Waals surface area contributed by atoms with Crippen molar-refractivity contribution in [1.29, 1.82) is 0 Å². The van der Waals surface area contributed by atoms with Crippen LogP contribution in [-0.2, 0) is 16.1 Å². The predicted octanol–water partition coefficient (Wildman–Crippen LogP) is 3.76. The Morgan fingerprint density at radius 3 is 2.89 bits per heavy atom. The van der Waals surface area contributed by atoms with Gasteiger partial charge in [0.25, 0.3) is 0 Å². The van der Waals surface area contributed by atoms with Crippen molar-refractivity contribution < 1.29 is 13.9 Å². The summed E-state index contributed by atoms with van der Waals surface area (Å²) >= 11 is 0. The molecule has 154 valence electrons. The molecule has 1 N–H and O–H groups in total. The van der Waals surface area contributed by atoms with E-state index in [0.717, 1.165) is 37.8 Å². The highest BCUT2D eigenvalue weighted by Crippen LogP contribution is 2.24. The molecule has 1 atom stereocenters. The number of aryl methyl sites for hydroxylation is 1. The van der Waals surface area contributed by atoms with Crippen LogP contribution in [0.2, 0.25) is 0 Å². The number of hydrogen-bond donors (Lipinski definition) is 1. The van der Waals surface area contributed by atoms with Gasteiger partial charge in [0.15, 0.2) is 5.96 Å². The number of hydrogen-bond acceptors (Lipinski definition) is 4. The van der Waals surface area contributed by atoms with Crippen molar-refractivity contribution in [2.24, 2.45) is 4.99 Å². The molecule has 1 aliphatic rings. The van der Waals surface area contributed by atoms with Crippen LogP contribution >= 0.6 is 24.0 Å². The molecule has 0 spiro atoms. The molecule has 1 fully saturated rings. The summed E-state index contributed by atoms with van der Waals surface area (Å²) in [6.45, 7) is 6.50. The van der Waals surface area contributed by atoms with Crippen LogP contribution in [0.25, 0.3) is 0 Å². The number of halogens is 1. The van der Waals surface area contributed by atoms with E-state index in [9.17, 15) is 0 Å². The maximum atomic E-state index is 6.01. The molecule has 6 nitrogen and oxygen atoms in total. The van der Waals surface area contributed by atoms with E-state index in [-0.39, 0.29) is 30.1 Å². The zero-order valence-electron chi connectivity index (χ0n) is 16.6. The summed E-state index contributed by atoms with van der Waals surface area (Å²) in [7, 11) is 1.83. The Labute approximate surface area is 184 Å². The second-order valence-corrected chi connectivity index (χ2v) is 6.62. The summed E-state index contributed by atoms with van der Waals surface area (Å²) in [4.78, 5) is 6.71. The topological polar surface area (TPSA) is 59.2 Å². The molecule has 3 rings (SSSR count). The lowest BCUT2D eigenvalue weighted by atomic mass is 10.0. The van der Waals surface area contributed by atoms with Crippen molar-refractivity contribution in [1.82, 2.24) is 10.2 Å². The Bertz CT molecular complexity index is 721. The van der Waals surface area contributed by atoms with Crippen LogP contribution in [0.5, 0.6) is 0 Å². The minimum Gasteiger partial charge on any atom is -0.467 e. The summed E-state index contributed by atoms with van der Waals surface area (Å²) in [5, 5.41) is 3.44. The van der Waals surface area contributed by atoms with E-state index in [1.807, 2.05) is 19.2 Å². The van der Waals surface area contributed by atoms with E-state index < -0.39 is 0 Å². The van der Waals surface area contributed by atoms with Crippen LogP contribution in [0.1, 0.15) is 29.4 Å². The molecule has 1 saturated heterocycles. The number of morpholine rings is 1. The van der Waals surface area contributed by atoms with Gasteiger partial charge in [0, 0.05) is 26.7 Å². The number of nitrogens with zero attached hydrogens (tertiary/aromatic N) is 2. The van der Waals surface area contributed by atoms with Gasteiger partial charge in [-0.2, -0.15) is 0 Å². The molecule has 2 aromatic rings. The third-order valence-electron chi connectivity index (χ3n) is 4.69. The van der Waals surface area contributed by atoms with Crippen molar-refractivity contribution in [3.05, 3.63) is 59.5 Å². The standard InChI is InChI=1S/C21H29N3O3.HI/c1-17-7-3-4-9-19(17)20-15-24(11-14-27-20)21(22-2)23-10-6-12-25-16-18-8-5-13-26-18;/h3-5,7-9,13,20H,6,10-12,14-16H2,1-2H3,(H,22,23);1H. The molecular formula is C21H30IN3O3. The zero-order valence-corrected chi connectivity index (χ0v) is 18.9. The van der Waals surface area contributed by atoms with Crippen molar-refractivity contribution in [3.8, 4) is 0 Å². The SMILES string of the molecule is CN=C(NCCCOCc1ccco1)N1CCOC(c2ccccc2C)C1.I. The van der Waals surface area contributed by atoms with E-state index in [1.54, 1.807) is 6.26 Å². The third-order valence-corrected chi connectivity index (χ3v) is 4.69. The van der Waals surface area contributed by atoms with Crippen molar-refractivity contribution in [2.75, 3.05) is 39.9 Å². The Morgan fingerprint density at radius 2 is 2.14 bits per heavy atom. The van der Waals surface area contributed by atoms with Gasteiger partial charge in [0.2, 0.25) is 0 Å². The Morgan fingerprint density at radius 1 is 1.29 bits per heavy atom. The van der Waals surface area contributed by atoms with E-state index in [4.69, 9.17) is 13.9 Å².